The summed E-state index contributed by atoms with van der Waals surface area (Å²) in [5, 5.41) is 21.1. The van der Waals surface area contributed by atoms with Gasteiger partial charge in [-0.05, 0) is 35.7 Å². The molecule has 41 heavy (non-hydrogen) atoms. The first kappa shape index (κ1) is 29.9. The normalized spacial score (nSPS) is 16.3. The van der Waals surface area contributed by atoms with Crippen LogP contribution in [0.1, 0.15) is 23.6 Å². The number of thiazole rings is 1. The molecule has 1 amide bonds. The second-order valence-corrected chi connectivity index (χ2v) is 10.4. The van der Waals surface area contributed by atoms with Crippen molar-refractivity contribution in [3.8, 4) is 11.4 Å². The van der Waals surface area contributed by atoms with Crippen molar-refractivity contribution in [1.82, 2.24) is 24.9 Å². The van der Waals surface area contributed by atoms with Gasteiger partial charge in [0.05, 0.1) is 28.8 Å². The molecule has 3 N–H and O–H groups in total. The highest BCUT2D eigenvalue weighted by Gasteiger charge is 2.38. The molecule has 1 aliphatic rings. The molecule has 15 heteroatoms. The minimum Gasteiger partial charge on any atom is -0.475 e. The summed E-state index contributed by atoms with van der Waals surface area (Å²) in [5.41, 5.74) is 3.36. The molecule has 1 fully saturated rings. The summed E-state index contributed by atoms with van der Waals surface area (Å²) in [6.07, 6.45) is -3.19. The van der Waals surface area contributed by atoms with Crippen LogP contribution in [-0.2, 0) is 16.0 Å². The second-order valence-electron chi connectivity index (χ2n) is 9.43. The number of halogens is 3. The number of likely N-dealkylation sites (tertiary alicyclic amines) is 1. The number of aromatic nitrogens is 3. The van der Waals surface area contributed by atoms with Crippen LogP contribution in [0.3, 0.4) is 0 Å². The van der Waals surface area contributed by atoms with Crippen molar-refractivity contribution in [2.24, 2.45) is 0 Å². The maximum absolute atomic E-state index is 13.4. The van der Waals surface area contributed by atoms with Crippen molar-refractivity contribution >= 4 is 33.4 Å². The van der Waals surface area contributed by atoms with E-state index in [0.29, 0.717) is 18.9 Å². The number of nitrogens with zero attached hydrogens (tertiary/aromatic N) is 4. The second kappa shape index (κ2) is 12.6. The number of aromatic amines is 1. The molecule has 0 aliphatic carbocycles. The third-order valence-electron chi connectivity index (χ3n) is 6.51. The van der Waals surface area contributed by atoms with Crippen molar-refractivity contribution in [3.63, 3.8) is 0 Å². The van der Waals surface area contributed by atoms with E-state index in [9.17, 15) is 27.9 Å². The van der Waals surface area contributed by atoms with Crippen molar-refractivity contribution in [1.29, 1.82) is 0 Å². The number of carbonyl (C=O) groups excluding carboxylic acids is 1. The zero-order valence-electron chi connectivity index (χ0n) is 21.7. The Kier molecular flexibility index (Phi) is 9.20. The van der Waals surface area contributed by atoms with Crippen LogP contribution in [0.4, 0.5) is 13.2 Å². The van der Waals surface area contributed by atoms with Crippen molar-refractivity contribution in [3.05, 3.63) is 69.7 Å². The van der Waals surface area contributed by atoms with E-state index in [1.165, 1.54) is 6.39 Å². The van der Waals surface area contributed by atoms with Crippen LogP contribution in [-0.4, -0.2) is 86.0 Å². The first-order valence-corrected chi connectivity index (χ1v) is 13.2. The predicted molar refractivity (Wildman–Crippen MR) is 142 cm³/mol. The molecule has 1 unspecified atom stereocenters. The molecule has 1 saturated heterocycles. The third-order valence-corrected chi connectivity index (χ3v) is 7.38. The molecule has 3 heterocycles. The number of carboxylic acid groups (broad SMARTS) is 1. The van der Waals surface area contributed by atoms with E-state index in [-0.39, 0.29) is 29.3 Å². The SMILES string of the molecule is CN(C(=O)Cc1ccc2sc(=O)[nH]c2c1)[C@H](CN1CCC(O)C1)c1cccc(-c2ncon2)c1.O=C(O)C(F)(F)F. The third kappa shape index (κ3) is 7.77. The maximum Gasteiger partial charge on any atom is 0.490 e. The number of alkyl halides is 3. The van der Waals surface area contributed by atoms with E-state index < -0.39 is 12.1 Å². The lowest BCUT2D eigenvalue weighted by molar-refractivity contribution is -0.192. The molecule has 0 saturated carbocycles. The largest absolute Gasteiger partial charge is 0.490 e. The summed E-state index contributed by atoms with van der Waals surface area (Å²) in [6.45, 7) is 1.98. The number of aliphatic hydroxyl groups excluding tert-OH is 1. The molecule has 11 nitrogen and oxygen atoms in total. The average molecular weight is 594 g/mol. The fourth-order valence-corrected chi connectivity index (χ4v) is 5.16. The van der Waals surface area contributed by atoms with Crippen LogP contribution in [0, 0.1) is 0 Å². The smallest absolute Gasteiger partial charge is 0.475 e. The number of hydrogen-bond acceptors (Lipinski definition) is 9. The molecule has 2 atom stereocenters. The zero-order valence-corrected chi connectivity index (χ0v) is 22.5. The summed E-state index contributed by atoms with van der Waals surface area (Å²) in [5.74, 6) is -2.30. The lowest BCUT2D eigenvalue weighted by Gasteiger charge is -2.32. The van der Waals surface area contributed by atoms with Gasteiger partial charge in [0.25, 0.3) is 0 Å². The minimum absolute atomic E-state index is 0.0355. The summed E-state index contributed by atoms with van der Waals surface area (Å²) in [6, 6.07) is 13.2. The Bertz CT molecular complexity index is 1550. The summed E-state index contributed by atoms with van der Waals surface area (Å²) >= 11 is 1.16. The molecule has 2 aromatic carbocycles. The number of nitrogens with one attached hydrogen (secondary N) is 1. The lowest BCUT2D eigenvalue weighted by atomic mass is 10.0. The van der Waals surface area contributed by atoms with Crippen LogP contribution in [0.2, 0.25) is 0 Å². The first-order valence-electron chi connectivity index (χ1n) is 12.4. The Morgan fingerprint density at radius 2 is 2.02 bits per heavy atom. The van der Waals surface area contributed by atoms with Crippen molar-refractivity contribution in [2.45, 2.75) is 31.2 Å². The summed E-state index contributed by atoms with van der Waals surface area (Å²) in [7, 11) is 1.81. The van der Waals surface area contributed by atoms with Crippen molar-refractivity contribution in [2.75, 3.05) is 26.7 Å². The van der Waals surface area contributed by atoms with E-state index in [1.807, 2.05) is 49.5 Å². The maximum atomic E-state index is 13.4. The van der Waals surface area contributed by atoms with Crippen molar-refractivity contribution < 1.29 is 37.5 Å². The Morgan fingerprint density at radius 3 is 2.66 bits per heavy atom. The summed E-state index contributed by atoms with van der Waals surface area (Å²) < 4.78 is 37.5. The molecule has 0 bridgehead atoms. The van der Waals surface area contributed by atoms with Crippen LogP contribution in [0.5, 0.6) is 0 Å². The Labute approximate surface area is 234 Å². The van der Waals surface area contributed by atoms with Gasteiger partial charge in [0.1, 0.15) is 0 Å². The number of β-amino-alcohol motifs (C(OH)–C–C–N with tert-alkyl or cyclic N) is 1. The van der Waals surface area contributed by atoms with Gasteiger partial charge in [0.15, 0.2) is 0 Å². The van der Waals surface area contributed by atoms with Crippen LogP contribution >= 0.6 is 11.3 Å². The number of benzene rings is 2. The number of hydrogen-bond donors (Lipinski definition) is 3. The Morgan fingerprint density at radius 1 is 1.27 bits per heavy atom. The fraction of sp³-hybridized carbons (Fsp3) is 0.346. The van der Waals surface area contributed by atoms with E-state index in [0.717, 1.165) is 51.2 Å². The number of amides is 1. The predicted octanol–water partition coefficient (Wildman–Crippen LogP) is 3.08. The van der Waals surface area contributed by atoms with Gasteiger partial charge < -0.3 is 24.6 Å². The molecule has 218 valence electrons. The Balaban J connectivity index is 0.000000493. The van der Waals surface area contributed by atoms with Crippen LogP contribution < -0.4 is 4.87 Å². The molecule has 0 radical (unpaired) electrons. The zero-order chi connectivity index (χ0) is 29.7. The molecule has 5 rings (SSSR count). The molecule has 4 aromatic rings. The molecular formula is C26H26F3N5O6S. The standard InChI is InChI=1S/C24H25N5O4S.C2HF3O2/c1-28(22(31)10-15-5-6-21-19(9-15)26-24(32)34-21)20(13-29-8-7-18(30)12-29)16-3-2-4-17(11-16)23-25-14-33-27-23;3-2(4,5)1(6)7/h2-6,9,11,14,18,20,30H,7-8,10,12-13H2,1H3,(H,26,32);(H,6,7)/t18?,20-;/m1./s1. The number of carboxylic acids is 1. The van der Waals surface area contributed by atoms with E-state index >= 15 is 0 Å². The fourth-order valence-electron chi connectivity index (χ4n) is 4.44. The van der Waals surface area contributed by atoms with Gasteiger partial charge in [0.2, 0.25) is 18.1 Å². The molecule has 0 spiro atoms. The highest BCUT2D eigenvalue weighted by atomic mass is 32.1. The molecule has 2 aromatic heterocycles. The monoisotopic (exact) mass is 593 g/mol. The summed E-state index contributed by atoms with van der Waals surface area (Å²) in [4.78, 5) is 44.7. The van der Waals surface area contributed by atoms with Crippen LogP contribution in [0.15, 0.2) is 58.2 Å². The number of carbonyl (C=O) groups is 2. The van der Waals surface area contributed by atoms with E-state index in [1.54, 1.807) is 4.90 Å². The van der Waals surface area contributed by atoms with E-state index in [2.05, 4.69) is 20.0 Å². The van der Waals surface area contributed by atoms with Gasteiger partial charge in [-0.25, -0.2) is 4.79 Å². The van der Waals surface area contributed by atoms with Gasteiger partial charge in [-0.1, -0.05) is 40.8 Å². The van der Waals surface area contributed by atoms with Gasteiger partial charge in [-0.3, -0.25) is 14.5 Å². The number of H-pyrrole nitrogens is 1. The number of likely N-dealkylation sites (N-methyl/N-ethyl adjacent to an activating group) is 1. The highest BCUT2D eigenvalue weighted by Crippen LogP contribution is 2.27. The molecular weight excluding hydrogens is 567 g/mol. The number of fused-ring (bicyclic) bond motifs is 1. The number of aliphatic hydroxyl groups is 1. The van der Waals surface area contributed by atoms with E-state index in [4.69, 9.17) is 14.4 Å². The highest BCUT2D eigenvalue weighted by molar-refractivity contribution is 7.16. The topological polar surface area (TPSA) is 153 Å². The number of aliphatic carboxylic acids is 1. The first-order chi connectivity index (χ1) is 19.4. The number of rotatable bonds is 7. The quantitative estimate of drug-likeness (QED) is 0.293. The molecule has 1 aliphatic heterocycles. The van der Waals surface area contributed by atoms with Crippen LogP contribution in [0.25, 0.3) is 21.6 Å². The minimum atomic E-state index is -5.08. The van der Waals surface area contributed by atoms with Gasteiger partial charge in [-0.15, -0.1) is 0 Å². The Hall–Kier alpha value is -4.08. The average Bonchev–Trinajstić information content (AvgIpc) is 3.67. The van der Waals surface area contributed by atoms with Gasteiger partial charge in [0, 0.05) is 32.2 Å². The lowest BCUT2D eigenvalue weighted by Crippen LogP contribution is -2.39. The van der Waals surface area contributed by atoms with Gasteiger partial charge in [-0.2, -0.15) is 18.2 Å². The van der Waals surface area contributed by atoms with Gasteiger partial charge >= 0.3 is 17.0 Å².